The lowest BCUT2D eigenvalue weighted by Crippen LogP contribution is -2.32. The monoisotopic (exact) mass is 377 g/mol. The molecule has 0 spiro atoms. The van der Waals surface area contributed by atoms with Crippen LogP contribution in [0.2, 0.25) is 0 Å². The summed E-state index contributed by atoms with van der Waals surface area (Å²) in [4.78, 5) is 32.3. The Hall–Kier alpha value is -3.41. The van der Waals surface area contributed by atoms with Gasteiger partial charge >= 0.3 is 5.97 Å². The summed E-state index contributed by atoms with van der Waals surface area (Å²) >= 11 is 0. The van der Waals surface area contributed by atoms with Crippen LogP contribution in [0.5, 0.6) is 0 Å². The zero-order chi connectivity index (χ0) is 20.1. The fraction of sp³-hybridized carbons (Fsp3) is 0.227. The van der Waals surface area contributed by atoms with Crippen LogP contribution in [0, 0.1) is 13.8 Å². The number of hydrogen-bond acceptors (Lipinski definition) is 4. The molecule has 1 aromatic heterocycles. The lowest BCUT2D eigenvalue weighted by Gasteiger charge is -2.18. The fourth-order valence-corrected chi connectivity index (χ4v) is 2.92. The van der Waals surface area contributed by atoms with Gasteiger partial charge < -0.3 is 15.0 Å². The van der Waals surface area contributed by atoms with E-state index in [4.69, 9.17) is 4.74 Å². The van der Waals surface area contributed by atoms with Crippen molar-refractivity contribution in [1.29, 1.82) is 0 Å². The first-order valence-corrected chi connectivity index (χ1v) is 9.17. The summed E-state index contributed by atoms with van der Waals surface area (Å²) in [6.07, 6.45) is 2.92. The van der Waals surface area contributed by atoms with Crippen LogP contribution in [0.4, 0.5) is 5.69 Å². The molecule has 6 nitrogen and oxygen atoms in total. The van der Waals surface area contributed by atoms with E-state index in [0.717, 1.165) is 28.2 Å². The number of nitrogens with zero attached hydrogens (tertiary/aromatic N) is 1. The Bertz CT molecular complexity index is 943. The average molecular weight is 377 g/mol. The molecule has 0 aliphatic heterocycles. The number of para-hydroxylation sites is 1. The number of anilines is 1. The highest BCUT2D eigenvalue weighted by molar-refractivity contribution is 5.98. The molecule has 0 fully saturated rings. The number of nitrogens with one attached hydrogen (secondary N) is 2. The second-order valence-electron chi connectivity index (χ2n) is 6.57. The fourth-order valence-electron chi connectivity index (χ4n) is 2.92. The summed E-state index contributed by atoms with van der Waals surface area (Å²) < 4.78 is 5.46. The number of rotatable bonds is 6. The third-order valence-corrected chi connectivity index (χ3v) is 4.53. The number of hydrogen-bond donors (Lipinski definition) is 2. The number of ether oxygens (including phenoxy) is 1. The van der Waals surface area contributed by atoms with E-state index >= 15 is 0 Å². The van der Waals surface area contributed by atoms with Crippen molar-refractivity contribution in [3.05, 3.63) is 71.5 Å². The van der Waals surface area contributed by atoms with E-state index < -0.39 is 12.1 Å². The smallest absolute Gasteiger partial charge is 0.338 e. The standard InChI is InChI=1S/C22H23N3O3/c1-4-18(21(26)25-19-14(2)6-5-7-15(19)3)28-22(27)17-10-8-16(9-11-17)20-23-12-13-24-20/h5-13,18H,4H2,1-3H3,(H,23,24)(H,25,26)/t18-/m0/s1. The first kappa shape index (κ1) is 19.4. The molecule has 0 saturated carbocycles. The van der Waals surface area contributed by atoms with Crippen LogP contribution in [0.1, 0.15) is 34.8 Å². The Balaban J connectivity index is 1.68. The molecular formula is C22H23N3O3. The van der Waals surface area contributed by atoms with Gasteiger partial charge in [-0.05, 0) is 43.5 Å². The van der Waals surface area contributed by atoms with Gasteiger partial charge in [0.15, 0.2) is 6.10 Å². The number of carbonyl (C=O) groups is 2. The van der Waals surface area contributed by atoms with Crippen molar-refractivity contribution in [3.63, 3.8) is 0 Å². The minimum atomic E-state index is -0.865. The summed E-state index contributed by atoms with van der Waals surface area (Å²) in [6.45, 7) is 5.66. The van der Waals surface area contributed by atoms with Crippen molar-refractivity contribution in [2.75, 3.05) is 5.32 Å². The second-order valence-corrected chi connectivity index (χ2v) is 6.57. The van der Waals surface area contributed by atoms with Crippen LogP contribution < -0.4 is 5.32 Å². The predicted molar refractivity (Wildman–Crippen MR) is 108 cm³/mol. The van der Waals surface area contributed by atoms with Gasteiger partial charge in [0, 0.05) is 23.6 Å². The van der Waals surface area contributed by atoms with E-state index in [1.165, 1.54) is 0 Å². The first-order chi connectivity index (χ1) is 13.5. The first-order valence-electron chi connectivity index (χ1n) is 9.17. The largest absolute Gasteiger partial charge is 0.449 e. The van der Waals surface area contributed by atoms with Crippen LogP contribution in [0.15, 0.2) is 54.9 Å². The minimum absolute atomic E-state index is 0.333. The van der Waals surface area contributed by atoms with E-state index in [0.29, 0.717) is 12.0 Å². The van der Waals surface area contributed by atoms with Gasteiger partial charge in [-0.2, -0.15) is 0 Å². The molecule has 2 aromatic carbocycles. The Morgan fingerprint density at radius 2 is 1.79 bits per heavy atom. The van der Waals surface area contributed by atoms with Crippen LogP contribution in [0.3, 0.4) is 0 Å². The quantitative estimate of drug-likeness (QED) is 0.629. The lowest BCUT2D eigenvalue weighted by atomic mass is 10.1. The maximum absolute atomic E-state index is 12.6. The van der Waals surface area contributed by atoms with Crippen molar-refractivity contribution < 1.29 is 14.3 Å². The average Bonchev–Trinajstić information content (AvgIpc) is 3.23. The van der Waals surface area contributed by atoms with Gasteiger partial charge in [0.2, 0.25) is 0 Å². The zero-order valence-corrected chi connectivity index (χ0v) is 16.2. The highest BCUT2D eigenvalue weighted by Crippen LogP contribution is 2.21. The molecule has 1 atom stereocenters. The molecule has 2 N–H and O–H groups in total. The van der Waals surface area contributed by atoms with Gasteiger partial charge in [-0.25, -0.2) is 9.78 Å². The highest BCUT2D eigenvalue weighted by atomic mass is 16.5. The second kappa shape index (κ2) is 8.52. The van der Waals surface area contributed by atoms with Crippen molar-refractivity contribution in [2.45, 2.75) is 33.3 Å². The normalized spacial score (nSPS) is 11.7. The third kappa shape index (κ3) is 4.28. The van der Waals surface area contributed by atoms with E-state index in [-0.39, 0.29) is 5.91 Å². The van der Waals surface area contributed by atoms with Crippen molar-refractivity contribution in [3.8, 4) is 11.4 Å². The molecule has 0 bridgehead atoms. The Kier molecular flexibility index (Phi) is 5.89. The zero-order valence-electron chi connectivity index (χ0n) is 16.2. The van der Waals surface area contributed by atoms with E-state index in [1.807, 2.05) is 39.0 Å². The van der Waals surface area contributed by atoms with Gasteiger partial charge in [-0.3, -0.25) is 4.79 Å². The number of aromatic nitrogens is 2. The van der Waals surface area contributed by atoms with Crippen molar-refractivity contribution in [2.24, 2.45) is 0 Å². The number of amides is 1. The van der Waals surface area contributed by atoms with Gasteiger partial charge in [0.25, 0.3) is 5.91 Å². The predicted octanol–water partition coefficient (Wildman–Crippen LogP) is 4.27. The number of imidazole rings is 1. The molecule has 1 amide bonds. The Morgan fingerprint density at radius 3 is 2.36 bits per heavy atom. The van der Waals surface area contributed by atoms with Crippen molar-refractivity contribution >= 4 is 17.6 Å². The summed E-state index contributed by atoms with van der Waals surface area (Å²) in [5, 5.41) is 2.89. The molecule has 0 aliphatic rings. The Labute approximate surface area is 164 Å². The van der Waals surface area contributed by atoms with Gasteiger partial charge in [-0.1, -0.05) is 37.3 Å². The summed E-state index contributed by atoms with van der Waals surface area (Å²) in [5.74, 6) is -0.144. The number of benzene rings is 2. The van der Waals surface area contributed by atoms with Gasteiger partial charge in [0.1, 0.15) is 5.82 Å². The molecule has 3 rings (SSSR count). The molecule has 1 heterocycles. The maximum atomic E-state index is 12.6. The lowest BCUT2D eigenvalue weighted by molar-refractivity contribution is -0.124. The van der Waals surface area contributed by atoms with Crippen molar-refractivity contribution in [1.82, 2.24) is 9.97 Å². The maximum Gasteiger partial charge on any atom is 0.338 e. The molecule has 144 valence electrons. The Morgan fingerprint density at radius 1 is 1.11 bits per heavy atom. The number of aromatic amines is 1. The molecule has 0 radical (unpaired) electrons. The van der Waals surface area contributed by atoms with E-state index in [2.05, 4.69) is 15.3 Å². The van der Waals surface area contributed by atoms with Crippen LogP contribution in [0.25, 0.3) is 11.4 Å². The number of esters is 1. The van der Waals surface area contributed by atoms with Crippen LogP contribution >= 0.6 is 0 Å². The van der Waals surface area contributed by atoms with Gasteiger partial charge in [0.05, 0.1) is 5.56 Å². The summed E-state index contributed by atoms with van der Waals surface area (Å²) in [5.41, 5.74) is 3.92. The summed E-state index contributed by atoms with van der Waals surface area (Å²) in [7, 11) is 0. The van der Waals surface area contributed by atoms with E-state index in [1.54, 1.807) is 36.7 Å². The number of aryl methyl sites for hydroxylation is 2. The number of carbonyl (C=O) groups excluding carboxylic acids is 2. The number of H-pyrrole nitrogens is 1. The molecule has 0 saturated heterocycles. The SMILES string of the molecule is CC[C@H](OC(=O)c1ccc(-c2ncc[nH]2)cc1)C(=O)Nc1c(C)cccc1C. The van der Waals surface area contributed by atoms with Gasteiger partial charge in [-0.15, -0.1) is 0 Å². The third-order valence-electron chi connectivity index (χ3n) is 4.53. The molecule has 28 heavy (non-hydrogen) atoms. The molecule has 0 unspecified atom stereocenters. The topological polar surface area (TPSA) is 84.1 Å². The highest BCUT2D eigenvalue weighted by Gasteiger charge is 2.23. The van der Waals surface area contributed by atoms with E-state index in [9.17, 15) is 9.59 Å². The molecule has 6 heteroatoms. The minimum Gasteiger partial charge on any atom is -0.449 e. The molecule has 3 aromatic rings. The molecular weight excluding hydrogens is 354 g/mol. The van der Waals surface area contributed by atoms with Crippen LogP contribution in [-0.2, 0) is 9.53 Å². The summed E-state index contributed by atoms with van der Waals surface area (Å²) in [6, 6.07) is 12.7. The van der Waals surface area contributed by atoms with Crippen LogP contribution in [-0.4, -0.2) is 27.9 Å². The molecule has 0 aliphatic carbocycles.